The minimum Gasteiger partial charge on any atom is -0.312 e. The summed E-state index contributed by atoms with van der Waals surface area (Å²) in [5, 5.41) is 4.07. The van der Waals surface area contributed by atoms with E-state index in [0.29, 0.717) is 16.3 Å². The zero-order valence-electron chi connectivity index (χ0n) is 12.4. The molecule has 0 aliphatic rings. The van der Waals surface area contributed by atoms with Crippen molar-refractivity contribution < 1.29 is 14.4 Å². The number of oxime groups is 1. The zero-order chi connectivity index (χ0) is 16.7. The number of halogens is 1. The van der Waals surface area contributed by atoms with Crippen LogP contribution < -0.4 is 0 Å². The van der Waals surface area contributed by atoms with Crippen LogP contribution in [0.3, 0.4) is 0 Å². The molecule has 0 radical (unpaired) electrons. The molecule has 0 saturated carbocycles. The second-order valence-electron chi connectivity index (χ2n) is 4.53. The summed E-state index contributed by atoms with van der Waals surface area (Å²) in [5.41, 5.74) is 0.951. The van der Waals surface area contributed by atoms with Crippen molar-refractivity contribution in [2.24, 2.45) is 5.16 Å². The molecular formula is C17H14ClNO3S. The quantitative estimate of drug-likeness (QED) is 0.194. The Labute approximate surface area is 143 Å². The van der Waals surface area contributed by atoms with E-state index < -0.39 is 5.97 Å². The average Bonchev–Trinajstić information content (AvgIpc) is 2.60. The fourth-order valence-corrected chi connectivity index (χ4v) is 2.59. The van der Waals surface area contributed by atoms with E-state index in [2.05, 4.69) is 5.16 Å². The van der Waals surface area contributed by atoms with E-state index in [-0.39, 0.29) is 11.5 Å². The molecular weight excluding hydrogens is 334 g/mol. The number of ketones is 1. The standard InChI is InChI=1S/C17H14ClNO3S/c1-12(19-22-17(21)14-5-3-2-4-6-14)16(20)13-7-9-15(10-8-13)23-11-18/h2-10H,11H2,1H3/b19-12+. The number of nitrogens with zero attached hydrogens (tertiary/aromatic N) is 1. The summed E-state index contributed by atoms with van der Waals surface area (Å²) < 4.78 is 0. The zero-order valence-corrected chi connectivity index (χ0v) is 13.9. The van der Waals surface area contributed by atoms with E-state index in [4.69, 9.17) is 16.4 Å². The van der Waals surface area contributed by atoms with Crippen molar-refractivity contribution in [1.29, 1.82) is 0 Å². The summed E-state index contributed by atoms with van der Waals surface area (Å²) in [6, 6.07) is 15.5. The van der Waals surface area contributed by atoms with Crippen LogP contribution in [0, 0.1) is 0 Å². The molecule has 2 aromatic carbocycles. The Morgan fingerprint density at radius 1 is 1.04 bits per heavy atom. The number of carbonyl (C=O) groups is 2. The molecule has 0 atom stereocenters. The first-order valence-electron chi connectivity index (χ1n) is 6.76. The number of hydrogen-bond acceptors (Lipinski definition) is 5. The second kappa shape index (κ2) is 8.50. The van der Waals surface area contributed by atoms with Crippen LogP contribution in [0.25, 0.3) is 0 Å². The summed E-state index contributed by atoms with van der Waals surface area (Å²) in [6.07, 6.45) is 0. The highest BCUT2D eigenvalue weighted by Crippen LogP contribution is 2.19. The van der Waals surface area contributed by atoms with Crippen molar-refractivity contribution in [1.82, 2.24) is 0 Å². The lowest BCUT2D eigenvalue weighted by Crippen LogP contribution is -2.12. The number of rotatable bonds is 6. The predicted molar refractivity (Wildman–Crippen MR) is 92.3 cm³/mol. The molecule has 0 fully saturated rings. The molecule has 0 amide bonds. The Hall–Kier alpha value is -2.11. The molecule has 0 heterocycles. The molecule has 23 heavy (non-hydrogen) atoms. The molecule has 0 spiro atoms. The number of benzene rings is 2. The Kier molecular flexibility index (Phi) is 6.38. The molecule has 0 aromatic heterocycles. The first-order valence-corrected chi connectivity index (χ1v) is 8.28. The maximum atomic E-state index is 12.2. The van der Waals surface area contributed by atoms with Crippen molar-refractivity contribution in [3.05, 3.63) is 65.7 Å². The lowest BCUT2D eigenvalue weighted by Gasteiger charge is -2.02. The van der Waals surface area contributed by atoms with Crippen LogP contribution in [-0.4, -0.2) is 22.7 Å². The molecule has 2 rings (SSSR count). The minimum absolute atomic E-state index is 0.104. The third-order valence-corrected chi connectivity index (χ3v) is 3.98. The summed E-state index contributed by atoms with van der Waals surface area (Å²) in [4.78, 5) is 29.8. The SMILES string of the molecule is C/C(=N\OC(=O)c1ccccc1)C(=O)c1ccc(SCCl)cc1. The third-order valence-electron chi connectivity index (χ3n) is 2.94. The summed E-state index contributed by atoms with van der Waals surface area (Å²) in [7, 11) is 0. The number of hydrogen-bond donors (Lipinski definition) is 0. The molecule has 4 nitrogen and oxygen atoms in total. The maximum Gasteiger partial charge on any atom is 0.365 e. The highest BCUT2D eigenvalue weighted by molar-refractivity contribution is 8.00. The van der Waals surface area contributed by atoms with Gasteiger partial charge in [-0.25, -0.2) is 4.79 Å². The van der Waals surface area contributed by atoms with Crippen molar-refractivity contribution in [3.8, 4) is 0 Å². The van der Waals surface area contributed by atoms with E-state index in [1.165, 1.54) is 18.7 Å². The monoisotopic (exact) mass is 347 g/mol. The van der Waals surface area contributed by atoms with Gasteiger partial charge in [0.15, 0.2) is 0 Å². The predicted octanol–water partition coefficient (Wildman–Crippen LogP) is 4.39. The van der Waals surface area contributed by atoms with Gasteiger partial charge in [-0.3, -0.25) is 4.79 Å². The molecule has 0 N–H and O–H groups in total. The van der Waals surface area contributed by atoms with Crippen LogP contribution in [0.5, 0.6) is 0 Å². The van der Waals surface area contributed by atoms with Gasteiger partial charge in [0.25, 0.3) is 0 Å². The van der Waals surface area contributed by atoms with E-state index >= 15 is 0 Å². The van der Waals surface area contributed by atoms with E-state index in [1.807, 2.05) is 12.1 Å². The molecule has 6 heteroatoms. The van der Waals surface area contributed by atoms with Crippen molar-refractivity contribution in [2.75, 3.05) is 5.21 Å². The van der Waals surface area contributed by atoms with Gasteiger partial charge in [-0.2, -0.15) is 0 Å². The molecule has 0 bridgehead atoms. The first-order chi connectivity index (χ1) is 11.1. The Bertz CT molecular complexity index is 714. The maximum absolute atomic E-state index is 12.2. The number of alkyl halides is 1. The average molecular weight is 348 g/mol. The molecule has 0 unspecified atom stereocenters. The highest BCUT2D eigenvalue weighted by atomic mass is 35.5. The van der Waals surface area contributed by atoms with E-state index in [0.717, 1.165) is 4.90 Å². The summed E-state index contributed by atoms with van der Waals surface area (Å²) >= 11 is 7.11. The normalized spacial score (nSPS) is 11.1. The van der Waals surface area contributed by atoms with Gasteiger partial charge in [0.2, 0.25) is 5.78 Å². The molecule has 0 aliphatic heterocycles. The third kappa shape index (κ3) is 4.94. The van der Waals surface area contributed by atoms with Crippen LogP contribution in [0.2, 0.25) is 0 Å². The van der Waals surface area contributed by atoms with E-state index in [1.54, 1.807) is 42.5 Å². The van der Waals surface area contributed by atoms with Crippen LogP contribution in [0.4, 0.5) is 0 Å². The largest absolute Gasteiger partial charge is 0.365 e. The topological polar surface area (TPSA) is 55.7 Å². The van der Waals surface area contributed by atoms with Gasteiger partial charge in [-0.05, 0) is 43.3 Å². The Balaban J connectivity index is 2.02. The minimum atomic E-state index is -0.605. The first kappa shape index (κ1) is 17.2. The van der Waals surface area contributed by atoms with Crippen LogP contribution in [0.15, 0.2) is 64.6 Å². The van der Waals surface area contributed by atoms with Crippen molar-refractivity contribution in [3.63, 3.8) is 0 Å². The van der Waals surface area contributed by atoms with Gasteiger partial charge < -0.3 is 4.84 Å². The number of thioether (sulfide) groups is 1. The van der Waals surface area contributed by atoms with Gasteiger partial charge in [0.1, 0.15) is 5.71 Å². The lowest BCUT2D eigenvalue weighted by molar-refractivity contribution is 0.0515. The molecule has 0 aliphatic carbocycles. The number of carbonyl (C=O) groups excluding carboxylic acids is 2. The lowest BCUT2D eigenvalue weighted by atomic mass is 10.1. The van der Waals surface area contributed by atoms with Crippen LogP contribution in [-0.2, 0) is 4.84 Å². The molecule has 118 valence electrons. The summed E-state index contributed by atoms with van der Waals surface area (Å²) in [6.45, 7) is 1.50. The number of Topliss-reactive ketones (excluding diaryl/α,β-unsaturated/α-hetero) is 1. The Morgan fingerprint density at radius 3 is 2.30 bits per heavy atom. The van der Waals surface area contributed by atoms with Crippen molar-refractivity contribution >= 4 is 40.8 Å². The van der Waals surface area contributed by atoms with Crippen molar-refractivity contribution in [2.45, 2.75) is 11.8 Å². The highest BCUT2D eigenvalue weighted by Gasteiger charge is 2.12. The Morgan fingerprint density at radius 2 is 1.70 bits per heavy atom. The summed E-state index contributed by atoms with van der Waals surface area (Å²) in [5.74, 6) is -0.903. The van der Waals surface area contributed by atoms with Gasteiger partial charge in [0.05, 0.1) is 10.8 Å². The fraction of sp³-hybridized carbons (Fsp3) is 0.118. The van der Waals surface area contributed by atoms with E-state index in [9.17, 15) is 9.59 Å². The van der Waals surface area contributed by atoms with Crippen LogP contribution >= 0.6 is 23.4 Å². The van der Waals surface area contributed by atoms with Gasteiger partial charge in [-0.15, -0.1) is 23.4 Å². The smallest absolute Gasteiger partial charge is 0.312 e. The second-order valence-corrected chi connectivity index (χ2v) is 6.16. The molecule has 2 aromatic rings. The van der Waals surface area contributed by atoms with Gasteiger partial charge in [-0.1, -0.05) is 23.4 Å². The molecule has 0 saturated heterocycles. The van der Waals surface area contributed by atoms with Gasteiger partial charge >= 0.3 is 5.97 Å². The fourth-order valence-electron chi connectivity index (χ4n) is 1.75. The van der Waals surface area contributed by atoms with Gasteiger partial charge in [0, 0.05) is 10.5 Å². The van der Waals surface area contributed by atoms with Crippen LogP contribution in [0.1, 0.15) is 27.6 Å².